The van der Waals surface area contributed by atoms with E-state index < -0.39 is 0 Å². The lowest BCUT2D eigenvalue weighted by molar-refractivity contribution is 0.425. The summed E-state index contributed by atoms with van der Waals surface area (Å²) in [6.07, 6.45) is 12.9. The van der Waals surface area contributed by atoms with Crippen LogP contribution < -0.4 is 0 Å². The number of rotatable bonds is 10. The third kappa shape index (κ3) is 10.3. The molecule has 0 amide bonds. The van der Waals surface area contributed by atoms with Crippen LogP contribution in [0.2, 0.25) is 0 Å². The second kappa shape index (κ2) is 10.5. The molecule has 0 aliphatic carbocycles. The summed E-state index contributed by atoms with van der Waals surface area (Å²) >= 11 is 0. The highest BCUT2D eigenvalue weighted by molar-refractivity contribution is 4.55. The fourth-order valence-corrected chi connectivity index (χ4v) is 2.06. The average molecular weight is 212 g/mol. The highest BCUT2D eigenvalue weighted by Gasteiger charge is 2.02. The Morgan fingerprint density at radius 2 is 1.20 bits per heavy atom. The highest BCUT2D eigenvalue weighted by Crippen LogP contribution is 2.18. The quantitative estimate of drug-likeness (QED) is 0.401. The molecule has 0 aromatic carbocycles. The van der Waals surface area contributed by atoms with E-state index in [4.69, 9.17) is 0 Å². The Kier molecular flexibility index (Phi) is 10.5. The van der Waals surface area contributed by atoms with E-state index in [1.54, 1.807) is 0 Å². The number of hydrogen-bond donors (Lipinski definition) is 0. The van der Waals surface area contributed by atoms with Crippen LogP contribution in [0.3, 0.4) is 0 Å². The molecule has 0 aromatic heterocycles. The van der Waals surface area contributed by atoms with E-state index >= 15 is 0 Å². The Bertz CT molecular complexity index is 117. The fourth-order valence-electron chi connectivity index (χ4n) is 2.06. The standard InChI is InChI=1S/C15H32/c1-5-7-11-15(4)13-10-8-9-12-14(3)6-2/h14-15H,5-13H2,1-4H3. The van der Waals surface area contributed by atoms with Gasteiger partial charge in [0, 0.05) is 0 Å². The monoisotopic (exact) mass is 212 g/mol. The topological polar surface area (TPSA) is 0 Å². The van der Waals surface area contributed by atoms with Crippen molar-refractivity contribution < 1.29 is 0 Å². The van der Waals surface area contributed by atoms with Gasteiger partial charge in [0.05, 0.1) is 0 Å². The second-order valence-corrected chi connectivity index (χ2v) is 5.40. The summed E-state index contributed by atoms with van der Waals surface area (Å²) in [5.74, 6) is 1.91. The summed E-state index contributed by atoms with van der Waals surface area (Å²) in [6, 6.07) is 0. The van der Waals surface area contributed by atoms with E-state index in [1.165, 1.54) is 57.8 Å². The summed E-state index contributed by atoms with van der Waals surface area (Å²) in [4.78, 5) is 0. The molecule has 0 saturated carbocycles. The van der Waals surface area contributed by atoms with Crippen molar-refractivity contribution in [1.82, 2.24) is 0 Å². The van der Waals surface area contributed by atoms with Crippen LogP contribution in [0.5, 0.6) is 0 Å². The molecule has 2 unspecified atom stereocenters. The van der Waals surface area contributed by atoms with Gasteiger partial charge >= 0.3 is 0 Å². The first-order chi connectivity index (χ1) is 7.20. The van der Waals surface area contributed by atoms with Crippen LogP contribution in [0.1, 0.15) is 85.5 Å². The predicted molar refractivity (Wildman–Crippen MR) is 71.2 cm³/mol. The lowest BCUT2D eigenvalue weighted by Crippen LogP contribution is -1.96. The maximum atomic E-state index is 2.42. The zero-order valence-electron chi connectivity index (χ0n) is 11.5. The van der Waals surface area contributed by atoms with Crippen LogP contribution in [0.4, 0.5) is 0 Å². The summed E-state index contributed by atoms with van der Waals surface area (Å²) in [7, 11) is 0. The molecule has 0 N–H and O–H groups in total. The van der Waals surface area contributed by atoms with Gasteiger partial charge in [-0.05, 0) is 11.8 Å². The van der Waals surface area contributed by atoms with Gasteiger partial charge in [-0.1, -0.05) is 85.5 Å². The summed E-state index contributed by atoms with van der Waals surface area (Å²) in [5.41, 5.74) is 0. The Morgan fingerprint density at radius 3 is 1.73 bits per heavy atom. The van der Waals surface area contributed by atoms with Crippen molar-refractivity contribution >= 4 is 0 Å². The van der Waals surface area contributed by atoms with Crippen LogP contribution in [0.15, 0.2) is 0 Å². The van der Waals surface area contributed by atoms with E-state index in [0.717, 1.165) is 11.8 Å². The van der Waals surface area contributed by atoms with Crippen molar-refractivity contribution in [1.29, 1.82) is 0 Å². The van der Waals surface area contributed by atoms with Gasteiger partial charge in [-0.3, -0.25) is 0 Å². The molecule has 0 aromatic rings. The first-order valence-corrected chi connectivity index (χ1v) is 7.20. The Labute approximate surface area is 97.8 Å². The SMILES string of the molecule is CCCCC(C)CCCCCC(C)CC. The van der Waals surface area contributed by atoms with Crippen LogP contribution in [-0.4, -0.2) is 0 Å². The Morgan fingerprint density at radius 1 is 0.667 bits per heavy atom. The summed E-state index contributed by atoms with van der Waals surface area (Å²) in [6.45, 7) is 9.39. The van der Waals surface area contributed by atoms with Crippen LogP contribution >= 0.6 is 0 Å². The number of unbranched alkanes of at least 4 members (excludes halogenated alkanes) is 3. The molecule has 0 aliphatic rings. The van der Waals surface area contributed by atoms with Crippen molar-refractivity contribution in [2.75, 3.05) is 0 Å². The normalized spacial score (nSPS) is 15.2. The van der Waals surface area contributed by atoms with Gasteiger partial charge < -0.3 is 0 Å². The smallest absolute Gasteiger partial charge is 0.0443 e. The van der Waals surface area contributed by atoms with Crippen molar-refractivity contribution in [2.45, 2.75) is 85.5 Å². The molecule has 0 heterocycles. The van der Waals surface area contributed by atoms with Crippen molar-refractivity contribution in [2.24, 2.45) is 11.8 Å². The van der Waals surface area contributed by atoms with Gasteiger partial charge in [0.15, 0.2) is 0 Å². The minimum absolute atomic E-state index is 0.947. The third-order valence-corrected chi connectivity index (χ3v) is 3.64. The Hall–Kier alpha value is 0. The van der Waals surface area contributed by atoms with Crippen LogP contribution in [0, 0.1) is 11.8 Å². The van der Waals surface area contributed by atoms with Gasteiger partial charge in [0.2, 0.25) is 0 Å². The molecule has 0 nitrogen and oxygen atoms in total. The van der Waals surface area contributed by atoms with Gasteiger partial charge in [0.1, 0.15) is 0 Å². The van der Waals surface area contributed by atoms with E-state index in [0.29, 0.717) is 0 Å². The first-order valence-electron chi connectivity index (χ1n) is 7.20. The molecule has 2 atom stereocenters. The molecule has 0 fully saturated rings. The maximum absolute atomic E-state index is 2.42. The maximum Gasteiger partial charge on any atom is -0.0443 e. The predicted octanol–water partition coefficient (Wildman–Crippen LogP) is 5.81. The molecular weight excluding hydrogens is 180 g/mol. The lowest BCUT2D eigenvalue weighted by Gasteiger charge is -2.11. The van der Waals surface area contributed by atoms with Gasteiger partial charge in [-0.15, -0.1) is 0 Å². The zero-order chi connectivity index (χ0) is 11.5. The molecule has 0 saturated heterocycles. The third-order valence-electron chi connectivity index (χ3n) is 3.64. The lowest BCUT2D eigenvalue weighted by atomic mass is 9.95. The van der Waals surface area contributed by atoms with E-state index in [2.05, 4.69) is 27.7 Å². The Balaban J connectivity index is 3.16. The summed E-state index contributed by atoms with van der Waals surface area (Å²) < 4.78 is 0. The minimum Gasteiger partial charge on any atom is -0.0654 e. The molecule has 15 heavy (non-hydrogen) atoms. The van der Waals surface area contributed by atoms with Gasteiger partial charge in [-0.2, -0.15) is 0 Å². The zero-order valence-corrected chi connectivity index (χ0v) is 11.5. The van der Waals surface area contributed by atoms with E-state index in [-0.39, 0.29) is 0 Å². The van der Waals surface area contributed by atoms with Crippen molar-refractivity contribution in [3.63, 3.8) is 0 Å². The fraction of sp³-hybridized carbons (Fsp3) is 1.00. The van der Waals surface area contributed by atoms with Crippen LogP contribution in [-0.2, 0) is 0 Å². The minimum atomic E-state index is 0.947. The van der Waals surface area contributed by atoms with Gasteiger partial charge in [-0.25, -0.2) is 0 Å². The summed E-state index contributed by atoms with van der Waals surface area (Å²) in [5, 5.41) is 0. The molecule has 0 spiro atoms. The average Bonchev–Trinajstić information content (AvgIpc) is 2.25. The molecule has 0 bridgehead atoms. The van der Waals surface area contributed by atoms with E-state index in [1.807, 2.05) is 0 Å². The van der Waals surface area contributed by atoms with Crippen molar-refractivity contribution in [3.05, 3.63) is 0 Å². The largest absolute Gasteiger partial charge is 0.0654 e. The highest BCUT2D eigenvalue weighted by atomic mass is 14.1. The van der Waals surface area contributed by atoms with Gasteiger partial charge in [0.25, 0.3) is 0 Å². The van der Waals surface area contributed by atoms with Crippen LogP contribution in [0.25, 0.3) is 0 Å². The second-order valence-electron chi connectivity index (χ2n) is 5.40. The molecule has 0 rings (SSSR count). The van der Waals surface area contributed by atoms with E-state index in [9.17, 15) is 0 Å². The molecule has 92 valence electrons. The molecular formula is C15H32. The van der Waals surface area contributed by atoms with Crippen molar-refractivity contribution in [3.8, 4) is 0 Å². The number of hydrogen-bond acceptors (Lipinski definition) is 0. The first kappa shape index (κ1) is 15.0. The molecule has 0 radical (unpaired) electrons. The molecule has 0 heteroatoms. The molecule has 0 aliphatic heterocycles.